The number of rotatable bonds is 5. The first kappa shape index (κ1) is 20.4. The molecule has 156 valence electrons. The first-order valence-electron chi connectivity index (χ1n) is 9.58. The molecular weight excluding hydrogens is 420 g/mol. The summed E-state index contributed by atoms with van der Waals surface area (Å²) in [6.07, 6.45) is 1.44. The Morgan fingerprint density at radius 3 is 2.23 bits per heavy atom. The summed E-state index contributed by atoms with van der Waals surface area (Å²) in [5.41, 5.74) is 2.67. The second-order valence-corrected chi connectivity index (χ2v) is 10.8. The van der Waals surface area contributed by atoms with Gasteiger partial charge in [0.1, 0.15) is 0 Å². The van der Waals surface area contributed by atoms with Gasteiger partial charge in [-0.05, 0) is 61.7 Å². The van der Waals surface area contributed by atoms with E-state index < -0.39 is 20.0 Å². The molecule has 8 heteroatoms. The van der Waals surface area contributed by atoms with Crippen LogP contribution in [0.2, 0.25) is 0 Å². The van der Waals surface area contributed by atoms with Crippen LogP contribution < -0.4 is 9.03 Å². The summed E-state index contributed by atoms with van der Waals surface area (Å²) in [4.78, 5) is 0.364. The second-order valence-electron chi connectivity index (χ2n) is 7.26. The molecule has 0 radical (unpaired) electrons. The maximum atomic E-state index is 13.2. The second kappa shape index (κ2) is 7.77. The van der Waals surface area contributed by atoms with Crippen LogP contribution in [0.5, 0.6) is 0 Å². The summed E-state index contributed by atoms with van der Waals surface area (Å²) < 4.78 is 55.8. The van der Waals surface area contributed by atoms with Crippen LogP contribution in [0.1, 0.15) is 17.5 Å². The highest BCUT2D eigenvalue weighted by molar-refractivity contribution is 7.93. The summed E-state index contributed by atoms with van der Waals surface area (Å²) in [5.74, 6) is 0. The van der Waals surface area contributed by atoms with Gasteiger partial charge in [0.2, 0.25) is 0 Å². The molecule has 1 aliphatic rings. The van der Waals surface area contributed by atoms with E-state index in [9.17, 15) is 16.8 Å². The number of nitrogens with one attached hydrogen (secondary N) is 1. The van der Waals surface area contributed by atoms with Gasteiger partial charge in [0.05, 0.1) is 21.2 Å². The van der Waals surface area contributed by atoms with E-state index in [1.807, 2.05) is 6.92 Å². The molecule has 1 aliphatic heterocycles. The molecule has 3 aromatic rings. The number of anilines is 2. The Morgan fingerprint density at radius 1 is 0.833 bits per heavy atom. The van der Waals surface area contributed by atoms with E-state index in [1.165, 1.54) is 4.31 Å². The number of hydrogen-bond donors (Lipinski definition) is 1. The van der Waals surface area contributed by atoms with Crippen LogP contribution in [-0.4, -0.2) is 23.4 Å². The van der Waals surface area contributed by atoms with E-state index in [0.717, 1.165) is 17.5 Å². The van der Waals surface area contributed by atoms with Gasteiger partial charge in [0.15, 0.2) is 0 Å². The largest absolute Gasteiger partial charge is 0.280 e. The number of benzene rings is 3. The molecule has 3 aromatic carbocycles. The van der Waals surface area contributed by atoms with Gasteiger partial charge in [0.25, 0.3) is 20.0 Å². The number of fused-ring (bicyclic) bond motifs is 1. The van der Waals surface area contributed by atoms with Gasteiger partial charge >= 0.3 is 0 Å². The fourth-order valence-electron chi connectivity index (χ4n) is 3.51. The SMILES string of the molecule is Cc1ccc(S(=O)(=O)Nc2ccc3c(c2)N(S(=O)(=O)c2ccccc2)CCC3)cc1. The third kappa shape index (κ3) is 3.93. The third-order valence-corrected chi connectivity index (χ3v) is 8.30. The van der Waals surface area contributed by atoms with Crippen molar-refractivity contribution in [2.75, 3.05) is 15.6 Å². The summed E-state index contributed by atoms with van der Waals surface area (Å²) in [6.45, 7) is 2.23. The van der Waals surface area contributed by atoms with Crippen molar-refractivity contribution in [1.82, 2.24) is 0 Å². The molecule has 1 N–H and O–H groups in total. The van der Waals surface area contributed by atoms with E-state index in [0.29, 0.717) is 24.3 Å². The van der Waals surface area contributed by atoms with Crippen molar-refractivity contribution < 1.29 is 16.8 Å². The molecule has 30 heavy (non-hydrogen) atoms. The van der Waals surface area contributed by atoms with Crippen molar-refractivity contribution in [3.63, 3.8) is 0 Å². The first-order chi connectivity index (χ1) is 14.3. The average Bonchev–Trinajstić information content (AvgIpc) is 2.74. The molecular formula is C22H22N2O4S2. The molecule has 0 atom stereocenters. The van der Waals surface area contributed by atoms with Gasteiger partial charge in [-0.1, -0.05) is 42.0 Å². The van der Waals surface area contributed by atoms with Crippen LogP contribution >= 0.6 is 0 Å². The first-order valence-corrected chi connectivity index (χ1v) is 12.5. The Kier molecular flexibility index (Phi) is 5.29. The lowest BCUT2D eigenvalue weighted by Gasteiger charge is -2.31. The molecule has 0 aliphatic carbocycles. The Labute approximate surface area is 177 Å². The summed E-state index contributed by atoms with van der Waals surface area (Å²) in [5, 5.41) is 0. The molecule has 0 fully saturated rings. The van der Waals surface area contributed by atoms with Gasteiger partial charge in [-0.2, -0.15) is 0 Å². The zero-order valence-electron chi connectivity index (χ0n) is 16.4. The monoisotopic (exact) mass is 442 g/mol. The highest BCUT2D eigenvalue weighted by Gasteiger charge is 2.29. The molecule has 4 rings (SSSR count). The smallest absolute Gasteiger partial charge is 0.264 e. The van der Waals surface area contributed by atoms with Gasteiger partial charge < -0.3 is 0 Å². The van der Waals surface area contributed by atoms with Gasteiger partial charge in [-0.3, -0.25) is 9.03 Å². The van der Waals surface area contributed by atoms with Crippen molar-refractivity contribution in [2.24, 2.45) is 0 Å². The van der Waals surface area contributed by atoms with E-state index in [4.69, 9.17) is 0 Å². The van der Waals surface area contributed by atoms with E-state index in [1.54, 1.807) is 72.8 Å². The lowest BCUT2D eigenvalue weighted by molar-refractivity contribution is 0.586. The van der Waals surface area contributed by atoms with Crippen LogP contribution in [0, 0.1) is 6.92 Å². The minimum Gasteiger partial charge on any atom is -0.280 e. The van der Waals surface area contributed by atoms with Crippen molar-refractivity contribution in [3.8, 4) is 0 Å². The number of nitrogens with zero attached hydrogens (tertiary/aromatic N) is 1. The van der Waals surface area contributed by atoms with E-state index >= 15 is 0 Å². The molecule has 1 heterocycles. The molecule has 0 saturated heterocycles. The number of hydrogen-bond acceptors (Lipinski definition) is 4. The van der Waals surface area contributed by atoms with Crippen molar-refractivity contribution >= 4 is 31.4 Å². The maximum absolute atomic E-state index is 13.2. The molecule has 0 amide bonds. The van der Waals surface area contributed by atoms with Crippen molar-refractivity contribution in [1.29, 1.82) is 0 Å². The quantitative estimate of drug-likeness (QED) is 0.649. The van der Waals surface area contributed by atoms with Crippen molar-refractivity contribution in [3.05, 3.63) is 83.9 Å². The Morgan fingerprint density at radius 2 is 1.53 bits per heavy atom. The normalized spacial score (nSPS) is 14.2. The highest BCUT2D eigenvalue weighted by atomic mass is 32.2. The standard InChI is InChI=1S/C22H22N2O4S2/c1-17-9-13-20(14-10-17)29(25,26)23-19-12-11-18-6-5-15-24(22(18)16-19)30(27,28)21-7-3-2-4-8-21/h2-4,7-14,16,23H,5-6,15H2,1H3. The van der Waals surface area contributed by atoms with Crippen LogP contribution in [0.25, 0.3) is 0 Å². The van der Waals surface area contributed by atoms with Crippen LogP contribution in [-0.2, 0) is 26.5 Å². The summed E-state index contributed by atoms with van der Waals surface area (Å²) >= 11 is 0. The number of aryl methyl sites for hydroxylation is 2. The molecule has 0 aromatic heterocycles. The lowest BCUT2D eigenvalue weighted by atomic mass is 10.0. The average molecular weight is 443 g/mol. The molecule has 0 unspecified atom stereocenters. The van der Waals surface area contributed by atoms with Crippen molar-refractivity contribution in [2.45, 2.75) is 29.6 Å². The minimum absolute atomic E-state index is 0.152. The van der Waals surface area contributed by atoms with Gasteiger partial charge in [-0.25, -0.2) is 16.8 Å². The highest BCUT2D eigenvalue weighted by Crippen LogP contribution is 2.34. The van der Waals surface area contributed by atoms with Crippen LogP contribution in [0.15, 0.2) is 82.6 Å². The minimum atomic E-state index is -3.78. The summed E-state index contributed by atoms with van der Waals surface area (Å²) in [7, 11) is -7.52. The maximum Gasteiger partial charge on any atom is 0.264 e. The Balaban J connectivity index is 1.70. The van der Waals surface area contributed by atoms with Gasteiger partial charge in [0, 0.05) is 6.54 Å². The topological polar surface area (TPSA) is 83.6 Å². The fraction of sp³-hybridized carbons (Fsp3) is 0.182. The number of sulfonamides is 2. The molecule has 6 nitrogen and oxygen atoms in total. The summed E-state index contributed by atoms with van der Waals surface area (Å²) in [6, 6.07) is 19.9. The Hall–Kier alpha value is -2.84. The Bertz CT molecular complexity index is 1270. The molecule has 0 saturated carbocycles. The third-order valence-electron chi connectivity index (χ3n) is 5.08. The predicted octanol–water partition coefficient (Wildman–Crippen LogP) is 3.94. The predicted molar refractivity (Wildman–Crippen MR) is 118 cm³/mol. The molecule has 0 bridgehead atoms. The van der Waals surface area contributed by atoms with Crippen LogP contribution in [0.3, 0.4) is 0 Å². The lowest BCUT2D eigenvalue weighted by Crippen LogP contribution is -2.35. The van der Waals surface area contributed by atoms with Gasteiger partial charge in [-0.15, -0.1) is 0 Å². The van der Waals surface area contributed by atoms with E-state index in [2.05, 4.69) is 4.72 Å². The fourth-order valence-corrected chi connectivity index (χ4v) is 6.11. The van der Waals surface area contributed by atoms with Crippen LogP contribution in [0.4, 0.5) is 11.4 Å². The zero-order chi connectivity index (χ0) is 21.4. The van der Waals surface area contributed by atoms with E-state index in [-0.39, 0.29) is 9.79 Å². The zero-order valence-corrected chi connectivity index (χ0v) is 18.1. The molecule has 0 spiro atoms.